The van der Waals surface area contributed by atoms with Crippen LogP contribution < -0.4 is 10.6 Å². The number of benzene rings is 1. The van der Waals surface area contributed by atoms with E-state index in [1.54, 1.807) is 6.07 Å². The van der Waals surface area contributed by atoms with E-state index in [0.29, 0.717) is 10.7 Å². The van der Waals surface area contributed by atoms with Gasteiger partial charge in [0, 0.05) is 11.1 Å². The molecule has 1 aromatic heterocycles. The van der Waals surface area contributed by atoms with Crippen molar-refractivity contribution in [2.75, 3.05) is 12.4 Å². The molecule has 3 nitrogen and oxygen atoms in total. The molecule has 0 radical (unpaired) electrons. The van der Waals surface area contributed by atoms with Gasteiger partial charge in [-0.15, -0.1) is 0 Å². The van der Waals surface area contributed by atoms with Crippen LogP contribution in [0.3, 0.4) is 0 Å². The summed E-state index contributed by atoms with van der Waals surface area (Å²) >= 11 is 6.00. The van der Waals surface area contributed by atoms with E-state index in [-0.39, 0.29) is 11.7 Å². The van der Waals surface area contributed by atoms with Gasteiger partial charge in [0.25, 0.3) is 0 Å². The number of hydrogen-bond donors (Lipinski definition) is 2. The smallest absolute Gasteiger partial charge is 0.380 e. The Morgan fingerprint density at radius 1 is 1.17 bits per heavy atom. The number of nitrogens with zero attached hydrogens (tertiary/aromatic N) is 1. The summed E-state index contributed by atoms with van der Waals surface area (Å²) in [4.78, 5) is 3.96. The van der Waals surface area contributed by atoms with Gasteiger partial charge >= 0.3 is 6.18 Å². The Balaban J connectivity index is 1.67. The Kier molecular flexibility index (Phi) is 4.69. The lowest BCUT2D eigenvalue weighted by molar-refractivity contribution is -0.157. The SMILES string of the molecule is CNC(c1ccc(NC2Cc3ccc(Cl)cc3C2)cn1)C(F)(F)F. The van der Waals surface area contributed by atoms with Crippen molar-refractivity contribution in [2.45, 2.75) is 31.1 Å². The first-order valence-corrected chi connectivity index (χ1v) is 7.98. The largest absolute Gasteiger partial charge is 0.409 e. The molecule has 2 N–H and O–H groups in total. The molecule has 1 heterocycles. The fourth-order valence-corrected chi connectivity index (χ4v) is 3.26. The zero-order valence-electron chi connectivity index (χ0n) is 13.0. The van der Waals surface area contributed by atoms with Gasteiger partial charge in [0.05, 0.1) is 17.6 Å². The minimum absolute atomic E-state index is 0.0444. The normalized spacial score (nSPS) is 18.3. The van der Waals surface area contributed by atoms with Gasteiger partial charge < -0.3 is 10.6 Å². The van der Waals surface area contributed by atoms with Gasteiger partial charge in [-0.25, -0.2) is 0 Å². The average molecular weight is 356 g/mol. The zero-order chi connectivity index (χ0) is 17.3. The first-order chi connectivity index (χ1) is 11.4. The molecule has 0 spiro atoms. The van der Waals surface area contributed by atoms with Crippen molar-refractivity contribution in [1.82, 2.24) is 10.3 Å². The second kappa shape index (κ2) is 6.61. The molecule has 128 valence electrons. The van der Waals surface area contributed by atoms with Gasteiger partial charge in [0.15, 0.2) is 0 Å². The van der Waals surface area contributed by atoms with Crippen LogP contribution in [0.1, 0.15) is 22.9 Å². The average Bonchev–Trinajstić information content (AvgIpc) is 2.89. The second-order valence-corrected chi connectivity index (χ2v) is 6.33. The molecule has 0 aliphatic heterocycles. The van der Waals surface area contributed by atoms with Gasteiger partial charge in [-0.3, -0.25) is 4.98 Å². The zero-order valence-corrected chi connectivity index (χ0v) is 13.7. The van der Waals surface area contributed by atoms with Gasteiger partial charge in [-0.1, -0.05) is 17.7 Å². The van der Waals surface area contributed by atoms with Crippen LogP contribution >= 0.6 is 11.6 Å². The number of halogens is 4. The summed E-state index contributed by atoms with van der Waals surface area (Å²) in [7, 11) is 1.27. The van der Waals surface area contributed by atoms with E-state index in [1.165, 1.54) is 30.4 Å². The second-order valence-electron chi connectivity index (χ2n) is 5.90. The molecule has 2 atom stereocenters. The lowest BCUT2D eigenvalue weighted by Gasteiger charge is -2.19. The van der Waals surface area contributed by atoms with E-state index >= 15 is 0 Å². The predicted molar refractivity (Wildman–Crippen MR) is 88.4 cm³/mol. The quantitative estimate of drug-likeness (QED) is 0.865. The van der Waals surface area contributed by atoms with Crippen LogP contribution in [0.15, 0.2) is 36.5 Å². The highest BCUT2D eigenvalue weighted by Crippen LogP contribution is 2.32. The number of rotatable bonds is 4. The van der Waals surface area contributed by atoms with Crippen LogP contribution in [0.4, 0.5) is 18.9 Å². The molecular weight excluding hydrogens is 339 g/mol. The third-order valence-electron chi connectivity index (χ3n) is 4.17. The first-order valence-electron chi connectivity index (χ1n) is 7.60. The number of alkyl halides is 3. The Bertz CT molecular complexity index is 716. The number of pyridine rings is 1. The van der Waals surface area contributed by atoms with Crippen molar-refractivity contribution in [3.8, 4) is 0 Å². The van der Waals surface area contributed by atoms with E-state index in [0.717, 1.165) is 12.8 Å². The van der Waals surface area contributed by atoms with E-state index in [9.17, 15) is 13.2 Å². The van der Waals surface area contributed by atoms with E-state index < -0.39 is 12.2 Å². The molecule has 24 heavy (non-hydrogen) atoms. The number of hydrogen-bond acceptors (Lipinski definition) is 3. The molecule has 1 aromatic carbocycles. The summed E-state index contributed by atoms with van der Waals surface area (Å²) in [6, 6.07) is 7.30. The van der Waals surface area contributed by atoms with Crippen LogP contribution in [0, 0.1) is 0 Å². The lowest BCUT2D eigenvalue weighted by atomic mass is 10.1. The molecule has 0 amide bonds. The maximum Gasteiger partial charge on any atom is 0.409 e. The lowest BCUT2D eigenvalue weighted by Crippen LogP contribution is -2.32. The highest BCUT2D eigenvalue weighted by Gasteiger charge is 2.40. The number of aromatic nitrogens is 1. The monoisotopic (exact) mass is 355 g/mol. The summed E-state index contributed by atoms with van der Waals surface area (Å²) in [5, 5.41) is 6.28. The fourth-order valence-electron chi connectivity index (χ4n) is 3.07. The highest BCUT2D eigenvalue weighted by atomic mass is 35.5. The Labute approximate surface area is 143 Å². The van der Waals surface area contributed by atoms with E-state index in [1.807, 2.05) is 18.2 Å². The van der Waals surface area contributed by atoms with Gasteiger partial charge in [0.2, 0.25) is 0 Å². The van der Waals surface area contributed by atoms with Crippen molar-refractivity contribution in [2.24, 2.45) is 0 Å². The summed E-state index contributed by atoms with van der Waals surface area (Å²) in [6.45, 7) is 0. The molecule has 1 aliphatic rings. The van der Waals surface area contributed by atoms with Crippen LogP contribution in [-0.4, -0.2) is 24.2 Å². The minimum Gasteiger partial charge on any atom is -0.380 e. The van der Waals surface area contributed by atoms with Gasteiger partial charge in [-0.2, -0.15) is 13.2 Å². The van der Waals surface area contributed by atoms with Crippen LogP contribution in [0.2, 0.25) is 5.02 Å². The molecule has 0 fully saturated rings. The Morgan fingerprint density at radius 2 is 1.92 bits per heavy atom. The van der Waals surface area contributed by atoms with Crippen molar-refractivity contribution in [3.63, 3.8) is 0 Å². The van der Waals surface area contributed by atoms with Crippen molar-refractivity contribution in [3.05, 3.63) is 58.4 Å². The molecule has 7 heteroatoms. The highest BCUT2D eigenvalue weighted by molar-refractivity contribution is 6.30. The van der Waals surface area contributed by atoms with Gasteiger partial charge in [-0.05, 0) is 55.3 Å². The first kappa shape index (κ1) is 17.0. The minimum atomic E-state index is -4.37. The van der Waals surface area contributed by atoms with Crippen LogP contribution in [-0.2, 0) is 12.8 Å². The maximum absolute atomic E-state index is 12.9. The van der Waals surface area contributed by atoms with Crippen LogP contribution in [0.25, 0.3) is 0 Å². The van der Waals surface area contributed by atoms with Crippen molar-refractivity contribution >= 4 is 17.3 Å². The third kappa shape index (κ3) is 3.65. The van der Waals surface area contributed by atoms with Crippen molar-refractivity contribution < 1.29 is 13.2 Å². The Morgan fingerprint density at radius 3 is 2.54 bits per heavy atom. The fraction of sp³-hybridized carbons (Fsp3) is 0.353. The molecule has 2 unspecified atom stereocenters. The topological polar surface area (TPSA) is 37.0 Å². The number of anilines is 1. The van der Waals surface area contributed by atoms with Crippen LogP contribution in [0.5, 0.6) is 0 Å². The summed E-state index contributed by atoms with van der Waals surface area (Å²) in [5.41, 5.74) is 3.11. The van der Waals surface area contributed by atoms with Crippen molar-refractivity contribution in [1.29, 1.82) is 0 Å². The summed E-state index contributed by atoms with van der Waals surface area (Å²) in [5.74, 6) is 0. The maximum atomic E-state index is 12.9. The molecular formula is C17H17ClF3N3. The molecule has 1 aliphatic carbocycles. The summed E-state index contributed by atoms with van der Waals surface area (Å²) in [6.07, 6.45) is -1.24. The molecule has 0 saturated carbocycles. The molecule has 2 aromatic rings. The van der Waals surface area contributed by atoms with E-state index in [2.05, 4.69) is 15.6 Å². The van der Waals surface area contributed by atoms with E-state index in [4.69, 9.17) is 11.6 Å². The number of nitrogens with one attached hydrogen (secondary N) is 2. The molecule has 3 rings (SSSR count). The molecule has 0 saturated heterocycles. The molecule has 0 bridgehead atoms. The standard InChI is InChI=1S/C17H17ClF3N3/c1-22-16(17(19,20)21)15-5-4-13(9-23-15)24-14-7-10-2-3-12(18)6-11(10)8-14/h2-6,9,14,16,22,24H,7-8H2,1H3. The Hall–Kier alpha value is -1.79. The number of fused-ring (bicyclic) bond motifs is 1. The predicted octanol–water partition coefficient (Wildman–Crippen LogP) is 4.14. The summed E-state index contributed by atoms with van der Waals surface area (Å²) < 4.78 is 38.7. The third-order valence-corrected chi connectivity index (χ3v) is 4.40. The van der Waals surface area contributed by atoms with Gasteiger partial charge in [0.1, 0.15) is 6.04 Å².